The summed E-state index contributed by atoms with van der Waals surface area (Å²) in [6, 6.07) is 2.58. The molecule has 0 aliphatic carbocycles. The fourth-order valence-corrected chi connectivity index (χ4v) is 3.37. The molecule has 0 aromatic carbocycles. The molecule has 2 rings (SSSR count). The number of aromatic nitrogens is 1. The summed E-state index contributed by atoms with van der Waals surface area (Å²) in [5.74, 6) is -0.558. The van der Waals surface area contributed by atoms with Crippen LogP contribution in [0.15, 0.2) is 24.5 Å². The van der Waals surface area contributed by atoms with Crippen LogP contribution in [0.25, 0.3) is 0 Å². The predicted octanol–water partition coefficient (Wildman–Crippen LogP) is 1.39. The van der Waals surface area contributed by atoms with Crippen molar-refractivity contribution in [2.75, 3.05) is 20.3 Å². The summed E-state index contributed by atoms with van der Waals surface area (Å²) >= 11 is 0. The second kappa shape index (κ2) is 8.57. The molecule has 2 amide bonds. The fourth-order valence-electron chi connectivity index (χ4n) is 2.91. The van der Waals surface area contributed by atoms with Gasteiger partial charge in [0.05, 0.1) is 19.2 Å². The zero-order valence-electron chi connectivity index (χ0n) is 16.4. The van der Waals surface area contributed by atoms with E-state index in [2.05, 4.69) is 4.52 Å². The number of phosphoric acid groups is 1. The molecular weight excluding hydrogens is 389 g/mol. The van der Waals surface area contributed by atoms with Crippen molar-refractivity contribution in [3.8, 4) is 0 Å². The van der Waals surface area contributed by atoms with E-state index in [1.807, 2.05) is 0 Å². The van der Waals surface area contributed by atoms with Crippen molar-refractivity contribution in [2.45, 2.75) is 44.9 Å². The highest BCUT2D eigenvalue weighted by Gasteiger charge is 2.43. The van der Waals surface area contributed by atoms with E-state index in [9.17, 15) is 19.0 Å². The van der Waals surface area contributed by atoms with Crippen LogP contribution in [0.4, 0.5) is 4.79 Å². The first-order chi connectivity index (χ1) is 12.9. The second-order valence-electron chi connectivity index (χ2n) is 7.53. The topological polar surface area (TPSA) is 132 Å². The predicted molar refractivity (Wildman–Crippen MR) is 98.3 cm³/mol. The van der Waals surface area contributed by atoms with Gasteiger partial charge in [-0.25, -0.2) is 9.36 Å². The lowest BCUT2D eigenvalue weighted by Crippen LogP contribution is -2.44. The average Bonchev–Trinajstić information content (AvgIpc) is 3.03. The quantitative estimate of drug-likeness (QED) is 0.529. The average molecular weight is 416 g/mol. The lowest BCUT2D eigenvalue weighted by molar-refractivity contribution is -0.719. The van der Waals surface area contributed by atoms with Crippen molar-refractivity contribution in [3.63, 3.8) is 0 Å². The summed E-state index contributed by atoms with van der Waals surface area (Å²) < 4.78 is 28.3. The lowest BCUT2D eigenvalue weighted by atomic mass is 10.1. The van der Waals surface area contributed by atoms with Gasteiger partial charge in [-0.05, 0) is 26.8 Å². The maximum absolute atomic E-state index is 12.6. The zero-order valence-corrected chi connectivity index (χ0v) is 17.3. The third-order valence-corrected chi connectivity index (χ3v) is 5.15. The first kappa shape index (κ1) is 22.3. The molecule has 28 heavy (non-hydrogen) atoms. The fraction of sp³-hybridized carbons (Fsp3) is 0.588. The van der Waals surface area contributed by atoms with Gasteiger partial charge in [0.2, 0.25) is 0 Å². The number of amides is 2. The highest BCUT2D eigenvalue weighted by molar-refractivity contribution is 7.47. The molecule has 1 aliphatic heterocycles. The molecule has 1 aliphatic rings. The maximum Gasteiger partial charge on any atom is 0.471 e. The van der Waals surface area contributed by atoms with Crippen LogP contribution in [-0.4, -0.2) is 53.7 Å². The number of ether oxygens (including phenoxy) is 1. The SMILES string of the molecule is COP(=O)(O)OC[C@@H]1CC([n+]2cccc(C(N)=O)c2)CN1C(=O)OC(C)(C)C. The Bertz CT molecular complexity index is 780. The minimum Gasteiger partial charge on any atom is -0.444 e. The number of likely N-dealkylation sites (tertiary alicyclic amines) is 1. The van der Waals surface area contributed by atoms with Crippen LogP contribution < -0.4 is 10.3 Å². The Hall–Kier alpha value is -2.00. The number of hydrogen-bond donors (Lipinski definition) is 2. The molecule has 2 heterocycles. The van der Waals surface area contributed by atoms with Crippen molar-refractivity contribution in [3.05, 3.63) is 30.1 Å². The number of nitrogens with two attached hydrogens (primary N) is 1. The molecule has 1 aromatic heterocycles. The van der Waals surface area contributed by atoms with E-state index in [4.69, 9.17) is 15.0 Å². The molecule has 2 unspecified atom stereocenters. The molecule has 0 bridgehead atoms. The Morgan fingerprint density at radius 1 is 1.43 bits per heavy atom. The Balaban J connectivity index is 2.22. The van der Waals surface area contributed by atoms with E-state index < -0.39 is 31.5 Å². The third kappa shape index (κ3) is 6.00. The molecule has 10 nitrogen and oxygen atoms in total. The van der Waals surface area contributed by atoms with E-state index >= 15 is 0 Å². The molecule has 0 radical (unpaired) electrons. The zero-order chi connectivity index (χ0) is 21.1. The smallest absolute Gasteiger partial charge is 0.444 e. The first-order valence-electron chi connectivity index (χ1n) is 8.75. The van der Waals surface area contributed by atoms with Crippen molar-refractivity contribution in [2.24, 2.45) is 5.73 Å². The monoisotopic (exact) mass is 416 g/mol. The van der Waals surface area contributed by atoms with Gasteiger partial charge in [-0.15, -0.1) is 0 Å². The van der Waals surface area contributed by atoms with Crippen LogP contribution in [0.2, 0.25) is 0 Å². The van der Waals surface area contributed by atoms with Gasteiger partial charge in [0.25, 0.3) is 5.91 Å². The molecular formula is C17H27N3O7P+. The number of carbonyl (C=O) groups excluding carboxylic acids is 2. The van der Waals surface area contributed by atoms with Gasteiger partial charge in [-0.1, -0.05) is 0 Å². The van der Waals surface area contributed by atoms with Gasteiger partial charge in [-0.2, -0.15) is 4.57 Å². The van der Waals surface area contributed by atoms with Crippen LogP contribution in [0.3, 0.4) is 0 Å². The summed E-state index contributed by atoms with van der Waals surface area (Å²) in [5.41, 5.74) is 4.98. The normalized spacial score (nSPS) is 22.0. The minimum atomic E-state index is -4.18. The summed E-state index contributed by atoms with van der Waals surface area (Å²) in [6.45, 7) is 5.33. The van der Waals surface area contributed by atoms with Crippen molar-refractivity contribution >= 4 is 19.8 Å². The second-order valence-corrected chi connectivity index (χ2v) is 9.09. The van der Waals surface area contributed by atoms with Crippen LogP contribution in [0.5, 0.6) is 0 Å². The van der Waals surface area contributed by atoms with E-state index in [-0.39, 0.29) is 19.2 Å². The van der Waals surface area contributed by atoms with Crippen LogP contribution in [-0.2, 0) is 18.3 Å². The molecule has 0 spiro atoms. The Labute approximate surface area is 163 Å². The number of nitrogens with zero attached hydrogens (tertiary/aromatic N) is 2. The molecule has 1 aromatic rings. The van der Waals surface area contributed by atoms with Crippen LogP contribution in [0, 0.1) is 0 Å². The largest absolute Gasteiger partial charge is 0.471 e. The lowest BCUT2D eigenvalue weighted by Gasteiger charge is -2.28. The van der Waals surface area contributed by atoms with Gasteiger partial charge in [0.1, 0.15) is 11.2 Å². The summed E-state index contributed by atoms with van der Waals surface area (Å²) in [5, 5.41) is 0. The van der Waals surface area contributed by atoms with Gasteiger partial charge in [-0.3, -0.25) is 18.7 Å². The molecule has 11 heteroatoms. The standard InChI is InChI=1S/C17H26N3O7P/c1-17(2,3)27-16(22)20-10-13(8-14(20)11-26-28(23,24)25-4)19-7-5-6-12(9-19)15(18)21/h5-7,9,13-14H,8,10-11H2,1-4H3,(H2-,18,21,23,24)/p+1/t13?,14-/m0/s1. The molecule has 156 valence electrons. The molecule has 1 fully saturated rings. The number of hydrogen-bond acceptors (Lipinski definition) is 6. The molecule has 1 saturated heterocycles. The number of phosphoric ester groups is 1. The van der Waals surface area contributed by atoms with E-state index in [1.165, 1.54) is 4.90 Å². The van der Waals surface area contributed by atoms with E-state index in [0.717, 1.165) is 7.11 Å². The highest BCUT2D eigenvalue weighted by Crippen LogP contribution is 2.43. The van der Waals surface area contributed by atoms with E-state index in [1.54, 1.807) is 49.9 Å². The van der Waals surface area contributed by atoms with Gasteiger partial charge in [0, 0.05) is 19.6 Å². The Kier molecular flexibility index (Phi) is 6.82. The summed E-state index contributed by atoms with van der Waals surface area (Å²) in [4.78, 5) is 35.0. The van der Waals surface area contributed by atoms with Crippen LogP contribution >= 0.6 is 7.82 Å². The van der Waals surface area contributed by atoms with Gasteiger partial charge >= 0.3 is 13.9 Å². The summed E-state index contributed by atoms with van der Waals surface area (Å²) in [7, 11) is -3.12. The molecule has 3 N–H and O–H groups in total. The number of rotatable bonds is 6. The van der Waals surface area contributed by atoms with Crippen LogP contribution in [0.1, 0.15) is 43.6 Å². The third-order valence-electron chi connectivity index (χ3n) is 4.21. The number of pyridine rings is 1. The molecule has 0 saturated carbocycles. The highest BCUT2D eigenvalue weighted by atomic mass is 31.2. The minimum absolute atomic E-state index is 0.193. The van der Waals surface area contributed by atoms with Crippen molar-refractivity contribution in [1.82, 2.24) is 4.90 Å². The van der Waals surface area contributed by atoms with E-state index in [0.29, 0.717) is 12.0 Å². The number of carbonyl (C=O) groups is 2. The first-order valence-corrected chi connectivity index (χ1v) is 10.2. The maximum atomic E-state index is 12.6. The van der Waals surface area contributed by atoms with Gasteiger partial charge in [0.15, 0.2) is 18.4 Å². The van der Waals surface area contributed by atoms with Crippen molar-refractivity contribution in [1.29, 1.82) is 0 Å². The summed E-state index contributed by atoms with van der Waals surface area (Å²) in [6.07, 6.45) is 3.24. The van der Waals surface area contributed by atoms with Gasteiger partial charge < -0.3 is 15.4 Å². The molecule has 3 atom stereocenters. The van der Waals surface area contributed by atoms with Crippen molar-refractivity contribution < 1.29 is 37.4 Å². The number of primary amides is 1. The Morgan fingerprint density at radius 2 is 2.11 bits per heavy atom. The Morgan fingerprint density at radius 3 is 2.68 bits per heavy atom.